The Morgan fingerprint density at radius 1 is 1.36 bits per heavy atom. The van der Waals surface area contributed by atoms with Gasteiger partial charge in [-0.3, -0.25) is 10.1 Å². The number of aromatic amines is 1. The van der Waals surface area contributed by atoms with Gasteiger partial charge in [-0.1, -0.05) is 0 Å². The van der Waals surface area contributed by atoms with Gasteiger partial charge in [0, 0.05) is 38.0 Å². The summed E-state index contributed by atoms with van der Waals surface area (Å²) in [5.74, 6) is 0.732. The molecule has 4 rings (SSSR count). The second-order valence-corrected chi connectivity index (χ2v) is 8.91. The second-order valence-electron chi connectivity index (χ2n) is 7.20. The fourth-order valence-electron chi connectivity index (χ4n) is 3.58. The number of anilines is 2. The largest absolute Gasteiger partial charge is 0.446 e. The highest BCUT2D eigenvalue weighted by atomic mass is 32.2. The molecule has 2 aliphatic rings. The fraction of sp³-hybridized carbons (Fsp3) is 0.471. The third kappa shape index (κ3) is 3.54. The first-order chi connectivity index (χ1) is 13.3. The predicted molar refractivity (Wildman–Crippen MR) is 101 cm³/mol. The number of ether oxygens (including phenoxy) is 1. The Hall–Kier alpha value is -2.66. The molecule has 1 fully saturated rings. The summed E-state index contributed by atoms with van der Waals surface area (Å²) in [6.07, 6.45) is 3.53. The SMILES string of the molecule is CN(C)C(=O)O[C@@H]1CC[C@H](c2cc(Nc3ccnc4c3S(=O)(=O)NC4)n[nH]2)C1. The van der Waals surface area contributed by atoms with Crippen LogP contribution in [0.2, 0.25) is 0 Å². The van der Waals surface area contributed by atoms with Crippen LogP contribution < -0.4 is 10.0 Å². The zero-order chi connectivity index (χ0) is 19.9. The minimum Gasteiger partial charge on any atom is -0.446 e. The highest BCUT2D eigenvalue weighted by molar-refractivity contribution is 7.90. The van der Waals surface area contributed by atoms with Crippen LogP contribution in [0, 0.1) is 0 Å². The molecule has 1 saturated carbocycles. The Morgan fingerprint density at radius 2 is 2.18 bits per heavy atom. The van der Waals surface area contributed by atoms with Crippen LogP contribution in [0.15, 0.2) is 23.2 Å². The lowest BCUT2D eigenvalue weighted by atomic mass is 10.0. The lowest BCUT2D eigenvalue weighted by Crippen LogP contribution is -2.26. The van der Waals surface area contributed by atoms with Gasteiger partial charge < -0.3 is 15.0 Å². The molecule has 11 heteroatoms. The van der Waals surface area contributed by atoms with Crippen molar-refractivity contribution in [2.75, 3.05) is 19.4 Å². The van der Waals surface area contributed by atoms with Crippen molar-refractivity contribution in [3.8, 4) is 0 Å². The van der Waals surface area contributed by atoms with Crippen LogP contribution in [-0.4, -0.2) is 54.8 Å². The van der Waals surface area contributed by atoms with Crippen molar-refractivity contribution in [2.45, 2.75) is 42.7 Å². The maximum absolute atomic E-state index is 12.2. The van der Waals surface area contributed by atoms with E-state index in [2.05, 4.69) is 25.2 Å². The second kappa shape index (κ2) is 7.06. The summed E-state index contributed by atoms with van der Waals surface area (Å²) in [6, 6.07) is 3.48. The van der Waals surface area contributed by atoms with E-state index in [4.69, 9.17) is 4.74 Å². The zero-order valence-electron chi connectivity index (χ0n) is 15.6. The smallest absolute Gasteiger partial charge is 0.409 e. The molecule has 0 unspecified atom stereocenters. The monoisotopic (exact) mass is 406 g/mol. The first-order valence-corrected chi connectivity index (χ1v) is 10.5. The quantitative estimate of drug-likeness (QED) is 0.704. The van der Waals surface area contributed by atoms with Crippen molar-refractivity contribution >= 4 is 27.6 Å². The van der Waals surface area contributed by atoms with Gasteiger partial charge >= 0.3 is 6.09 Å². The predicted octanol–water partition coefficient (Wildman–Crippen LogP) is 1.67. The third-order valence-electron chi connectivity index (χ3n) is 4.99. The van der Waals surface area contributed by atoms with Crippen molar-refractivity contribution in [3.63, 3.8) is 0 Å². The molecule has 2 aromatic heterocycles. The summed E-state index contributed by atoms with van der Waals surface area (Å²) < 4.78 is 32.3. The summed E-state index contributed by atoms with van der Waals surface area (Å²) in [7, 11) is -0.237. The normalized spacial score (nSPS) is 22.6. The van der Waals surface area contributed by atoms with Gasteiger partial charge in [-0.2, -0.15) is 5.10 Å². The highest BCUT2D eigenvalue weighted by Gasteiger charge is 2.32. The van der Waals surface area contributed by atoms with Crippen molar-refractivity contribution in [2.24, 2.45) is 0 Å². The number of carbonyl (C=O) groups is 1. The minimum atomic E-state index is -3.56. The first-order valence-electron chi connectivity index (χ1n) is 9.01. The van der Waals surface area contributed by atoms with Crippen LogP contribution in [0.25, 0.3) is 0 Å². The molecule has 150 valence electrons. The molecule has 10 nitrogen and oxygen atoms in total. The van der Waals surface area contributed by atoms with E-state index in [-0.39, 0.29) is 29.6 Å². The van der Waals surface area contributed by atoms with Crippen LogP contribution >= 0.6 is 0 Å². The van der Waals surface area contributed by atoms with Gasteiger partial charge in [0.15, 0.2) is 5.82 Å². The van der Waals surface area contributed by atoms with Crippen LogP contribution in [0.1, 0.15) is 36.6 Å². The van der Waals surface area contributed by atoms with E-state index in [0.29, 0.717) is 17.2 Å². The minimum absolute atomic E-state index is 0.112. The molecule has 3 heterocycles. The Labute approximate surface area is 162 Å². The van der Waals surface area contributed by atoms with Gasteiger partial charge in [-0.25, -0.2) is 17.9 Å². The number of nitrogens with one attached hydrogen (secondary N) is 3. The number of H-pyrrole nitrogens is 1. The van der Waals surface area contributed by atoms with Crippen LogP contribution in [0.4, 0.5) is 16.3 Å². The van der Waals surface area contributed by atoms with Crippen LogP contribution in [0.5, 0.6) is 0 Å². The summed E-state index contributed by atoms with van der Waals surface area (Å²) in [4.78, 5) is 17.4. The number of pyridine rings is 1. The molecule has 2 atom stereocenters. The molecule has 3 N–H and O–H groups in total. The maximum Gasteiger partial charge on any atom is 0.409 e. The number of fused-ring (bicyclic) bond motifs is 1. The Bertz CT molecular complexity index is 1000. The van der Waals surface area contributed by atoms with E-state index in [1.54, 1.807) is 26.4 Å². The Kier molecular flexibility index (Phi) is 4.71. The van der Waals surface area contributed by atoms with Gasteiger partial charge in [0.05, 0.1) is 17.9 Å². The standard InChI is InChI=1S/C17H22N6O4S/c1-23(2)17(24)27-11-4-3-10(7-11)13-8-15(22-21-13)20-12-5-6-18-14-9-19-28(25,26)16(12)14/h5-6,8,10-11,19H,3-4,7,9H2,1-2H3,(H2,18,20,21,22)/t10-,11+/m0/s1. The average molecular weight is 406 g/mol. The lowest BCUT2D eigenvalue weighted by molar-refractivity contribution is 0.0770. The summed E-state index contributed by atoms with van der Waals surface area (Å²) in [6.45, 7) is 0.189. The van der Waals surface area contributed by atoms with E-state index in [9.17, 15) is 13.2 Å². The molecule has 1 amide bonds. The van der Waals surface area contributed by atoms with E-state index < -0.39 is 10.0 Å². The van der Waals surface area contributed by atoms with Crippen LogP contribution in [-0.2, 0) is 21.3 Å². The Morgan fingerprint density at radius 3 is 2.96 bits per heavy atom. The molecular formula is C17H22N6O4S. The molecule has 0 spiro atoms. The number of rotatable bonds is 4. The number of nitrogens with zero attached hydrogens (tertiary/aromatic N) is 3. The molecular weight excluding hydrogens is 384 g/mol. The summed E-state index contributed by atoms with van der Waals surface area (Å²) in [5, 5.41) is 10.3. The number of hydrogen-bond donors (Lipinski definition) is 3. The van der Waals surface area contributed by atoms with E-state index in [0.717, 1.165) is 25.0 Å². The lowest BCUT2D eigenvalue weighted by Gasteiger charge is -2.16. The number of hydrogen-bond acceptors (Lipinski definition) is 7. The Balaban J connectivity index is 1.46. The summed E-state index contributed by atoms with van der Waals surface area (Å²) in [5.41, 5.74) is 1.86. The summed E-state index contributed by atoms with van der Waals surface area (Å²) >= 11 is 0. The van der Waals surface area contributed by atoms with Gasteiger partial charge in [-0.05, 0) is 25.3 Å². The average Bonchev–Trinajstić information content (AvgIpc) is 3.35. The molecule has 1 aliphatic heterocycles. The van der Waals surface area contributed by atoms with Crippen molar-refractivity contribution in [3.05, 3.63) is 29.7 Å². The molecule has 0 radical (unpaired) electrons. The van der Waals surface area contributed by atoms with E-state index in [1.807, 2.05) is 6.07 Å². The van der Waals surface area contributed by atoms with Crippen molar-refractivity contribution < 1.29 is 17.9 Å². The van der Waals surface area contributed by atoms with Gasteiger partial charge in [0.1, 0.15) is 11.0 Å². The third-order valence-corrected chi connectivity index (χ3v) is 6.51. The van der Waals surface area contributed by atoms with Gasteiger partial charge in [0.25, 0.3) is 0 Å². The number of carbonyl (C=O) groups excluding carboxylic acids is 1. The number of sulfonamides is 1. The van der Waals surface area contributed by atoms with Crippen molar-refractivity contribution in [1.29, 1.82) is 0 Å². The van der Waals surface area contributed by atoms with Gasteiger partial charge in [-0.15, -0.1) is 0 Å². The van der Waals surface area contributed by atoms with E-state index >= 15 is 0 Å². The number of amides is 1. The highest BCUT2D eigenvalue weighted by Crippen LogP contribution is 2.37. The van der Waals surface area contributed by atoms with Gasteiger partial charge in [0.2, 0.25) is 10.0 Å². The molecule has 1 aliphatic carbocycles. The maximum atomic E-state index is 12.2. The van der Waals surface area contributed by atoms with Crippen LogP contribution in [0.3, 0.4) is 0 Å². The fourth-order valence-corrected chi connectivity index (χ4v) is 4.89. The molecule has 28 heavy (non-hydrogen) atoms. The zero-order valence-corrected chi connectivity index (χ0v) is 16.4. The molecule has 2 aromatic rings. The molecule has 0 bridgehead atoms. The topological polar surface area (TPSA) is 129 Å². The molecule has 0 saturated heterocycles. The molecule has 0 aromatic carbocycles. The first kappa shape index (κ1) is 18.7. The number of aromatic nitrogens is 3. The van der Waals surface area contributed by atoms with E-state index in [1.165, 1.54) is 4.90 Å². The van der Waals surface area contributed by atoms with Crippen molar-refractivity contribution in [1.82, 2.24) is 24.8 Å².